The molecule has 2 fully saturated rings. The fourth-order valence-corrected chi connectivity index (χ4v) is 4.17. The highest BCUT2D eigenvalue weighted by molar-refractivity contribution is 6.05. The predicted molar refractivity (Wildman–Crippen MR) is 114 cm³/mol. The Hall–Kier alpha value is -3.73. The van der Waals surface area contributed by atoms with Crippen molar-refractivity contribution in [1.29, 1.82) is 0 Å². The highest BCUT2D eigenvalue weighted by Crippen LogP contribution is 2.46. The third kappa shape index (κ3) is 4.44. The minimum atomic E-state index is -4.78. The van der Waals surface area contributed by atoms with Crippen LogP contribution in [0.15, 0.2) is 55.2 Å². The molecule has 3 N–H and O–H groups in total. The molecule has 1 saturated heterocycles. The SMILES string of the molecule is N[C@H]1[C@H]2CN(c3ncc(C(=O)Nc4ccc(OC(F)(F)F)cc4)cc3-c3cncnc3)C[C@@H]12. The number of hydrogen-bond acceptors (Lipinski definition) is 7. The summed E-state index contributed by atoms with van der Waals surface area (Å²) in [4.78, 5) is 27.7. The zero-order valence-corrected chi connectivity index (χ0v) is 17.2. The van der Waals surface area contributed by atoms with Crippen molar-refractivity contribution in [1.82, 2.24) is 15.0 Å². The van der Waals surface area contributed by atoms with E-state index >= 15 is 0 Å². The number of aromatic nitrogens is 3. The van der Waals surface area contributed by atoms with E-state index in [9.17, 15) is 18.0 Å². The molecule has 33 heavy (non-hydrogen) atoms. The van der Waals surface area contributed by atoms with Gasteiger partial charge < -0.3 is 20.7 Å². The van der Waals surface area contributed by atoms with Gasteiger partial charge in [0.15, 0.2) is 0 Å². The molecule has 0 unspecified atom stereocenters. The number of carbonyl (C=O) groups is 1. The van der Waals surface area contributed by atoms with E-state index in [0.717, 1.165) is 31.0 Å². The summed E-state index contributed by atoms with van der Waals surface area (Å²) in [5, 5.41) is 2.66. The van der Waals surface area contributed by atoms with E-state index in [4.69, 9.17) is 5.73 Å². The van der Waals surface area contributed by atoms with Gasteiger partial charge in [0.1, 0.15) is 17.9 Å². The molecule has 11 heteroatoms. The van der Waals surface area contributed by atoms with E-state index in [1.807, 2.05) is 0 Å². The third-order valence-electron chi connectivity index (χ3n) is 5.91. The number of rotatable bonds is 5. The number of hydrogen-bond donors (Lipinski definition) is 2. The van der Waals surface area contributed by atoms with Crippen LogP contribution in [0.5, 0.6) is 5.75 Å². The standard InChI is InChI=1S/C22H19F3N6O2/c23-22(24,25)33-15-3-1-14(2-4-15)30-21(32)12-5-16(13-6-27-11-28-7-13)20(29-8-12)31-9-17-18(10-31)19(17)26/h1-8,11,17-19H,9-10,26H2,(H,30,32)/t17-,18+,19-. The predicted octanol–water partition coefficient (Wildman–Crippen LogP) is 3.08. The molecule has 1 amide bonds. The lowest BCUT2D eigenvalue weighted by Crippen LogP contribution is -2.29. The van der Waals surface area contributed by atoms with E-state index in [-0.39, 0.29) is 17.4 Å². The lowest BCUT2D eigenvalue weighted by Gasteiger charge is -2.23. The number of ether oxygens (including phenoxy) is 1. The van der Waals surface area contributed by atoms with Crippen LogP contribution in [-0.4, -0.2) is 46.4 Å². The third-order valence-corrected chi connectivity index (χ3v) is 5.91. The Bertz CT molecular complexity index is 1160. The second-order valence-electron chi connectivity index (χ2n) is 8.06. The van der Waals surface area contributed by atoms with Crippen LogP contribution < -0.4 is 20.7 Å². The molecular formula is C22H19F3N6O2. The van der Waals surface area contributed by atoms with Crippen molar-refractivity contribution in [2.75, 3.05) is 23.3 Å². The number of halogens is 3. The summed E-state index contributed by atoms with van der Waals surface area (Å²) >= 11 is 0. The van der Waals surface area contributed by atoms with Crippen molar-refractivity contribution >= 4 is 17.4 Å². The summed E-state index contributed by atoms with van der Waals surface area (Å²) in [7, 11) is 0. The average Bonchev–Trinajstić information content (AvgIpc) is 3.19. The molecule has 2 aliphatic rings. The summed E-state index contributed by atoms with van der Waals surface area (Å²) in [5.41, 5.74) is 8.09. The van der Waals surface area contributed by atoms with Gasteiger partial charge in [-0.1, -0.05) is 0 Å². The van der Waals surface area contributed by atoms with Gasteiger partial charge in [-0.15, -0.1) is 13.2 Å². The largest absolute Gasteiger partial charge is 0.573 e. The minimum Gasteiger partial charge on any atom is -0.406 e. The molecule has 3 heterocycles. The number of carbonyl (C=O) groups excluding carboxylic acids is 1. The molecule has 8 nitrogen and oxygen atoms in total. The number of benzene rings is 1. The first kappa shape index (κ1) is 21.1. The van der Waals surface area contributed by atoms with Crippen LogP contribution in [0.1, 0.15) is 10.4 Å². The van der Waals surface area contributed by atoms with Gasteiger partial charge in [-0.25, -0.2) is 15.0 Å². The van der Waals surface area contributed by atoms with Crippen LogP contribution >= 0.6 is 0 Å². The molecular weight excluding hydrogens is 437 g/mol. The first-order valence-corrected chi connectivity index (χ1v) is 10.2. The molecule has 2 aromatic heterocycles. The fraction of sp³-hybridized carbons (Fsp3) is 0.273. The van der Waals surface area contributed by atoms with Gasteiger partial charge in [0.2, 0.25) is 0 Å². The van der Waals surface area contributed by atoms with Gasteiger partial charge in [0.25, 0.3) is 5.91 Å². The molecule has 1 aliphatic heterocycles. The van der Waals surface area contributed by atoms with Crippen molar-refractivity contribution < 1.29 is 22.7 Å². The number of nitrogens with zero attached hydrogens (tertiary/aromatic N) is 4. The molecule has 1 saturated carbocycles. The van der Waals surface area contributed by atoms with Gasteiger partial charge in [-0.3, -0.25) is 4.79 Å². The maximum Gasteiger partial charge on any atom is 0.573 e. The zero-order chi connectivity index (χ0) is 23.2. The van der Waals surface area contributed by atoms with Crippen LogP contribution in [0.2, 0.25) is 0 Å². The second-order valence-corrected chi connectivity index (χ2v) is 8.06. The Balaban J connectivity index is 1.37. The smallest absolute Gasteiger partial charge is 0.406 e. The number of fused-ring (bicyclic) bond motifs is 1. The van der Waals surface area contributed by atoms with Gasteiger partial charge in [-0.05, 0) is 42.2 Å². The van der Waals surface area contributed by atoms with Crippen LogP contribution in [0, 0.1) is 11.8 Å². The molecule has 1 aliphatic carbocycles. The first-order chi connectivity index (χ1) is 15.8. The zero-order valence-electron chi connectivity index (χ0n) is 17.2. The van der Waals surface area contributed by atoms with Gasteiger partial charge in [-0.2, -0.15) is 0 Å². The highest BCUT2D eigenvalue weighted by Gasteiger charge is 2.54. The molecule has 0 radical (unpaired) electrons. The number of alkyl halides is 3. The summed E-state index contributed by atoms with van der Waals surface area (Å²) in [5.74, 6) is 0.816. The molecule has 5 rings (SSSR count). The number of nitrogens with two attached hydrogens (primary N) is 1. The lowest BCUT2D eigenvalue weighted by atomic mass is 10.1. The highest BCUT2D eigenvalue weighted by atomic mass is 19.4. The van der Waals surface area contributed by atoms with Gasteiger partial charge in [0.05, 0.1) is 5.56 Å². The summed E-state index contributed by atoms with van der Waals surface area (Å²) in [6, 6.07) is 6.85. The van der Waals surface area contributed by atoms with E-state index < -0.39 is 12.3 Å². The lowest BCUT2D eigenvalue weighted by molar-refractivity contribution is -0.274. The number of anilines is 2. The molecule has 3 atom stereocenters. The summed E-state index contributed by atoms with van der Waals surface area (Å²) < 4.78 is 40.8. The van der Waals surface area contributed by atoms with Crippen molar-refractivity contribution in [3.05, 3.63) is 60.8 Å². The Morgan fingerprint density at radius 2 is 1.76 bits per heavy atom. The Morgan fingerprint density at radius 3 is 2.39 bits per heavy atom. The molecule has 3 aromatic rings. The maximum absolute atomic E-state index is 12.8. The molecule has 0 bridgehead atoms. The Kier molecular flexibility index (Phi) is 5.12. The van der Waals surface area contributed by atoms with Gasteiger partial charge >= 0.3 is 6.36 Å². The quantitative estimate of drug-likeness (QED) is 0.608. The van der Waals surface area contributed by atoms with Crippen molar-refractivity contribution in [3.8, 4) is 16.9 Å². The Morgan fingerprint density at radius 1 is 1.09 bits per heavy atom. The van der Waals surface area contributed by atoms with E-state index in [1.54, 1.807) is 18.5 Å². The van der Waals surface area contributed by atoms with Crippen molar-refractivity contribution in [2.45, 2.75) is 12.4 Å². The minimum absolute atomic E-state index is 0.239. The van der Waals surface area contributed by atoms with Crippen LogP contribution in [0.3, 0.4) is 0 Å². The second kappa shape index (κ2) is 8.00. The topological polar surface area (TPSA) is 106 Å². The number of pyridine rings is 1. The number of piperidine rings is 1. The number of nitrogens with one attached hydrogen (secondary N) is 1. The summed E-state index contributed by atoms with van der Waals surface area (Å²) in [6.45, 7) is 1.61. The van der Waals surface area contributed by atoms with Crippen LogP contribution in [0.25, 0.3) is 11.1 Å². The van der Waals surface area contributed by atoms with Crippen molar-refractivity contribution in [3.63, 3.8) is 0 Å². The fourth-order valence-electron chi connectivity index (χ4n) is 4.17. The van der Waals surface area contributed by atoms with E-state index in [0.29, 0.717) is 28.7 Å². The van der Waals surface area contributed by atoms with Crippen molar-refractivity contribution in [2.24, 2.45) is 17.6 Å². The first-order valence-electron chi connectivity index (χ1n) is 10.2. The maximum atomic E-state index is 12.8. The van der Waals surface area contributed by atoms with E-state index in [1.165, 1.54) is 24.7 Å². The molecule has 170 valence electrons. The van der Waals surface area contributed by atoms with Crippen LogP contribution in [0.4, 0.5) is 24.7 Å². The normalized spacial score (nSPS) is 21.5. The Labute approximate surface area is 186 Å². The van der Waals surface area contributed by atoms with E-state index in [2.05, 4.69) is 29.9 Å². The van der Waals surface area contributed by atoms with Crippen LogP contribution in [-0.2, 0) is 0 Å². The number of amides is 1. The summed E-state index contributed by atoms with van der Waals surface area (Å²) in [6.07, 6.45) is 1.41. The molecule has 0 spiro atoms. The van der Waals surface area contributed by atoms with Gasteiger partial charge in [0, 0.05) is 54.5 Å². The monoisotopic (exact) mass is 456 g/mol. The average molecular weight is 456 g/mol. The molecule has 1 aromatic carbocycles.